The van der Waals surface area contributed by atoms with E-state index in [1.807, 2.05) is 0 Å². The monoisotopic (exact) mass is 446 g/mol. The van der Waals surface area contributed by atoms with Crippen molar-refractivity contribution in [1.82, 2.24) is 0 Å². The molecule has 0 aliphatic rings. The number of ether oxygens (including phenoxy) is 1. The molecule has 1 aromatic rings. The molecule has 0 spiro atoms. The fourth-order valence-electron chi connectivity index (χ4n) is 2.11. The molecule has 0 aromatic heterocycles. The summed E-state index contributed by atoms with van der Waals surface area (Å²) in [5, 5.41) is 9.83. The molecule has 0 saturated heterocycles. The molecule has 0 radical (unpaired) electrons. The summed E-state index contributed by atoms with van der Waals surface area (Å²) in [6, 6.07) is 4.80. The number of halogens is 5. The van der Waals surface area contributed by atoms with Gasteiger partial charge < -0.3 is 9.84 Å². The molecule has 3 nitrogen and oxygen atoms in total. The first kappa shape index (κ1) is 19.4. The molecule has 1 N–H and O–H groups in total. The SMILES string of the molecule is COc1ccc(C(C)(C)CC(O)(C(=O)Br)C(F)(F)F)cc1Br. The Labute approximate surface area is 143 Å². The maximum Gasteiger partial charge on any atom is 0.425 e. The third-order valence-electron chi connectivity index (χ3n) is 3.43. The third-order valence-corrected chi connectivity index (χ3v) is 4.70. The fourth-order valence-corrected chi connectivity index (χ4v) is 3.02. The molecule has 0 saturated carbocycles. The first-order valence-electron chi connectivity index (χ1n) is 6.18. The highest BCUT2D eigenvalue weighted by molar-refractivity contribution is 9.18. The summed E-state index contributed by atoms with van der Waals surface area (Å²) in [6.45, 7) is 3.04. The Balaban J connectivity index is 3.24. The number of hydrogen-bond acceptors (Lipinski definition) is 3. The van der Waals surface area contributed by atoms with Crippen LogP contribution in [-0.2, 0) is 10.2 Å². The minimum absolute atomic E-state index is 0.525. The van der Waals surface area contributed by atoms with Gasteiger partial charge >= 0.3 is 6.18 Å². The number of hydrogen-bond donors (Lipinski definition) is 1. The number of carbonyl (C=O) groups excluding carboxylic acids is 1. The van der Waals surface area contributed by atoms with Gasteiger partial charge in [-0.15, -0.1) is 0 Å². The van der Waals surface area contributed by atoms with E-state index in [0.29, 0.717) is 15.8 Å². The van der Waals surface area contributed by atoms with E-state index in [1.54, 1.807) is 18.2 Å². The van der Waals surface area contributed by atoms with Gasteiger partial charge in [0.15, 0.2) is 0 Å². The molecule has 1 rings (SSSR count). The zero-order valence-electron chi connectivity index (χ0n) is 12.1. The van der Waals surface area contributed by atoms with E-state index in [9.17, 15) is 23.1 Å². The van der Waals surface area contributed by atoms with E-state index in [-0.39, 0.29) is 0 Å². The highest BCUT2D eigenvalue weighted by atomic mass is 79.9. The smallest absolute Gasteiger partial charge is 0.425 e. The second-order valence-corrected chi connectivity index (χ2v) is 7.12. The Morgan fingerprint density at radius 2 is 1.86 bits per heavy atom. The van der Waals surface area contributed by atoms with E-state index < -0.39 is 28.3 Å². The van der Waals surface area contributed by atoms with Gasteiger partial charge in [-0.1, -0.05) is 19.9 Å². The summed E-state index contributed by atoms with van der Waals surface area (Å²) in [6.07, 6.45) is -5.89. The van der Waals surface area contributed by atoms with Crippen LogP contribution in [0.1, 0.15) is 25.8 Å². The zero-order valence-corrected chi connectivity index (χ0v) is 15.3. The number of methoxy groups -OCH3 is 1. The maximum atomic E-state index is 13.1. The first-order valence-corrected chi connectivity index (χ1v) is 7.77. The largest absolute Gasteiger partial charge is 0.496 e. The number of benzene rings is 1. The molecular formula is C14H15Br2F3O3. The van der Waals surface area contributed by atoms with Gasteiger partial charge in [0.05, 0.1) is 11.6 Å². The lowest BCUT2D eigenvalue weighted by molar-refractivity contribution is -0.251. The summed E-state index contributed by atoms with van der Waals surface area (Å²) in [5.41, 5.74) is -4.04. The van der Waals surface area contributed by atoms with Crippen LogP contribution in [0.5, 0.6) is 5.75 Å². The van der Waals surface area contributed by atoms with Crippen molar-refractivity contribution in [3.63, 3.8) is 0 Å². The molecule has 0 aliphatic carbocycles. The molecule has 0 bridgehead atoms. The molecule has 1 aromatic carbocycles. The van der Waals surface area contributed by atoms with Crippen molar-refractivity contribution in [2.45, 2.75) is 37.5 Å². The maximum absolute atomic E-state index is 13.1. The average Bonchev–Trinajstić information content (AvgIpc) is 2.36. The van der Waals surface area contributed by atoms with E-state index >= 15 is 0 Å². The first-order chi connectivity index (χ1) is 9.85. The molecule has 0 heterocycles. The van der Waals surface area contributed by atoms with Crippen molar-refractivity contribution >= 4 is 36.6 Å². The summed E-state index contributed by atoms with van der Waals surface area (Å²) in [5.74, 6) is 0.530. The van der Waals surface area contributed by atoms with Gasteiger partial charge in [0.1, 0.15) is 5.75 Å². The van der Waals surface area contributed by atoms with Crippen LogP contribution in [0.2, 0.25) is 0 Å². The average molecular weight is 448 g/mol. The predicted molar refractivity (Wildman–Crippen MR) is 83.3 cm³/mol. The normalized spacial score (nSPS) is 15.3. The molecule has 0 fully saturated rings. The van der Waals surface area contributed by atoms with Crippen LogP contribution in [0.3, 0.4) is 0 Å². The number of rotatable bonds is 5. The van der Waals surface area contributed by atoms with Crippen molar-refractivity contribution in [3.8, 4) is 5.75 Å². The van der Waals surface area contributed by atoms with Crippen LogP contribution >= 0.6 is 31.9 Å². The Hall–Kier alpha value is -0.600. The third kappa shape index (κ3) is 3.83. The Bertz CT molecular complexity index is 573. The fraction of sp³-hybridized carbons (Fsp3) is 0.500. The molecule has 0 amide bonds. The number of alkyl halides is 3. The summed E-state index contributed by atoms with van der Waals surface area (Å²) >= 11 is 5.52. The van der Waals surface area contributed by atoms with E-state index in [4.69, 9.17) is 4.74 Å². The van der Waals surface area contributed by atoms with Gasteiger partial charge in [-0.3, -0.25) is 4.79 Å². The quantitative estimate of drug-likeness (QED) is 0.683. The molecule has 22 heavy (non-hydrogen) atoms. The van der Waals surface area contributed by atoms with Gasteiger partial charge in [0.25, 0.3) is 0 Å². The highest BCUT2D eigenvalue weighted by Gasteiger charge is 2.60. The lowest BCUT2D eigenvalue weighted by Crippen LogP contribution is -2.53. The molecule has 0 aliphatic heterocycles. The molecule has 1 atom stereocenters. The summed E-state index contributed by atoms with van der Waals surface area (Å²) < 4.78 is 43.3. The van der Waals surface area contributed by atoms with Gasteiger partial charge in [-0.05, 0) is 55.0 Å². The van der Waals surface area contributed by atoms with Crippen molar-refractivity contribution in [1.29, 1.82) is 0 Å². The van der Waals surface area contributed by atoms with Crippen LogP contribution < -0.4 is 4.74 Å². The summed E-state index contributed by atoms with van der Waals surface area (Å²) in [7, 11) is 1.47. The van der Waals surface area contributed by atoms with Crippen LogP contribution in [0.25, 0.3) is 0 Å². The lowest BCUT2D eigenvalue weighted by Gasteiger charge is -2.35. The minimum atomic E-state index is -5.07. The van der Waals surface area contributed by atoms with Crippen LogP contribution in [0.4, 0.5) is 13.2 Å². The highest BCUT2D eigenvalue weighted by Crippen LogP contribution is 2.43. The Morgan fingerprint density at radius 1 is 1.32 bits per heavy atom. The Kier molecular flexibility index (Phi) is 5.74. The van der Waals surface area contributed by atoms with Gasteiger partial charge in [0.2, 0.25) is 10.3 Å². The van der Waals surface area contributed by atoms with Crippen molar-refractivity contribution < 1.29 is 27.8 Å². The van der Waals surface area contributed by atoms with Crippen molar-refractivity contribution in [3.05, 3.63) is 28.2 Å². The summed E-state index contributed by atoms with van der Waals surface area (Å²) in [4.78, 5) is 11.3. The topological polar surface area (TPSA) is 46.5 Å². The zero-order chi connectivity index (χ0) is 17.3. The van der Waals surface area contributed by atoms with Gasteiger partial charge in [-0.2, -0.15) is 13.2 Å². The standard InChI is InChI=1S/C14H15Br2F3O3/c1-12(2,7-13(21,11(16)20)14(17,18)19)8-4-5-10(22-3)9(15)6-8/h4-6,21H,7H2,1-3H3. The van der Waals surface area contributed by atoms with E-state index in [0.717, 1.165) is 0 Å². The predicted octanol–water partition coefficient (Wildman–Crippen LogP) is 4.34. The van der Waals surface area contributed by atoms with Gasteiger partial charge in [-0.25, -0.2) is 0 Å². The molecule has 124 valence electrons. The van der Waals surface area contributed by atoms with E-state index in [2.05, 4.69) is 31.9 Å². The van der Waals surface area contributed by atoms with Crippen molar-refractivity contribution in [2.75, 3.05) is 7.11 Å². The van der Waals surface area contributed by atoms with E-state index in [1.165, 1.54) is 21.0 Å². The van der Waals surface area contributed by atoms with Crippen LogP contribution in [-0.4, -0.2) is 28.7 Å². The molecule has 8 heteroatoms. The Morgan fingerprint density at radius 3 is 2.23 bits per heavy atom. The number of carbonyl (C=O) groups is 1. The van der Waals surface area contributed by atoms with Gasteiger partial charge in [0, 0.05) is 6.42 Å². The molecule has 1 unspecified atom stereocenters. The second-order valence-electron chi connectivity index (χ2n) is 5.54. The lowest BCUT2D eigenvalue weighted by atomic mass is 9.75. The second kappa shape index (κ2) is 6.49. The van der Waals surface area contributed by atoms with Crippen LogP contribution in [0, 0.1) is 0 Å². The molecular weight excluding hydrogens is 433 g/mol. The number of aliphatic hydroxyl groups is 1. The van der Waals surface area contributed by atoms with Crippen LogP contribution in [0.15, 0.2) is 22.7 Å². The minimum Gasteiger partial charge on any atom is -0.496 e. The van der Waals surface area contributed by atoms with Crippen molar-refractivity contribution in [2.24, 2.45) is 0 Å².